The summed E-state index contributed by atoms with van der Waals surface area (Å²) in [7, 11) is 4.20. The fourth-order valence-electron chi connectivity index (χ4n) is 2.46. The summed E-state index contributed by atoms with van der Waals surface area (Å²) < 4.78 is 8.30. The maximum atomic E-state index is 12.3. The van der Waals surface area contributed by atoms with Gasteiger partial charge in [-0.05, 0) is 0 Å². The molecule has 0 amide bonds. The number of esters is 1. The van der Waals surface area contributed by atoms with Gasteiger partial charge in [-0.1, -0.05) is 0 Å². The summed E-state index contributed by atoms with van der Waals surface area (Å²) in [5.41, 5.74) is 1.86. The molecule has 1 radical (unpaired) electrons. The molecule has 0 spiro atoms. The summed E-state index contributed by atoms with van der Waals surface area (Å²) in [6.07, 6.45) is 4.41. The van der Waals surface area contributed by atoms with Gasteiger partial charge in [-0.25, -0.2) is 0 Å². The summed E-state index contributed by atoms with van der Waals surface area (Å²) >= 11 is -0.897. The van der Waals surface area contributed by atoms with Gasteiger partial charge < -0.3 is 0 Å². The van der Waals surface area contributed by atoms with Crippen molar-refractivity contribution in [2.45, 2.75) is 26.4 Å². The topological polar surface area (TPSA) is 29.5 Å². The summed E-state index contributed by atoms with van der Waals surface area (Å²) in [5, 5.41) is 0. The van der Waals surface area contributed by atoms with Crippen LogP contribution in [0.2, 0.25) is 0 Å². The Morgan fingerprint density at radius 2 is 1.95 bits per heavy atom. The molecule has 1 heterocycles. The summed E-state index contributed by atoms with van der Waals surface area (Å²) in [6, 6.07) is 9.83. The number of ether oxygens (including phenoxy) is 1. The van der Waals surface area contributed by atoms with Crippen LogP contribution in [0.3, 0.4) is 0 Å². The number of allylic oxidation sites excluding steroid dienone is 2. The van der Waals surface area contributed by atoms with Crippen molar-refractivity contribution >= 4 is 28.9 Å². The Balaban J connectivity index is 1.86. The van der Waals surface area contributed by atoms with Gasteiger partial charge in [0.1, 0.15) is 0 Å². The zero-order chi connectivity index (χ0) is 15.9. The van der Waals surface area contributed by atoms with E-state index < -0.39 is 22.9 Å². The van der Waals surface area contributed by atoms with Gasteiger partial charge in [0.2, 0.25) is 0 Å². The van der Waals surface area contributed by atoms with Crippen LogP contribution in [-0.2, 0) is 16.1 Å². The maximum absolute atomic E-state index is 12.3. The number of benzene rings is 1. The molecular formula is C18H23InNO2. The second kappa shape index (κ2) is 8.59. The third kappa shape index (κ3) is 5.33. The molecule has 0 atom stereocenters. The normalized spacial score (nSPS) is 14.1. The first kappa shape index (κ1) is 17.4. The minimum absolute atomic E-state index is 0.157. The van der Waals surface area contributed by atoms with Crippen LogP contribution in [0.4, 0.5) is 0 Å². The van der Waals surface area contributed by atoms with Crippen molar-refractivity contribution in [3.8, 4) is 0 Å². The number of carbonyl (C=O) groups is 1. The molecule has 0 aromatic heterocycles. The molecule has 22 heavy (non-hydrogen) atoms. The second-order valence-corrected chi connectivity index (χ2v) is 11.3. The van der Waals surface area contributed by atoms with Crippen LogP contribution < -0.4 is 0 Å². The van der Waals surface area contributed by atoms with Gasteiger partial charge in [0, 0.05) is 0 Å². The van der Waals surface area contributed by atoms with Crippen LogP contribution in [-0.4, -0.2) is 54.4 Å². The predicted octanol–water partition coefficient (Wildman–Crippen LogP) is 2.95. The van der Waals surface area contributed by atoms with Crippen molar-refractivity contribution in [1.29, 1.82) is 0 Å². The monoisotopic (exact) mass is 400 g/mol. The van der Waals surface area contributed by atoms with E-state index in [0.717, 1.165) is 24.1 Å². The molecule has 0 bridgehead atoms. The Kier molecular flexibility index (Phi) is 6.77. The average Bonchev–Trinajstić information content (AvgIpc) is 2.86. The summed E-state index contributed by atoms with van der Waals surface area (Å²) in [6.45, 7) is 3.57. The third-order valence-corrected chi connectivity index (χ3v) is 8.14. The van der Waals surface area contributed by atoms with Gasteiger partial charge in [0.25, 0.3) is 0 Å². The first-order valence-corrected chi connectivity index (χ1v) is 11.0. The van der Waals surface area contributed by atoms with E-state index in [1.165, 1.54) is 13.1 Å². The molecule has 0 saturated carbocycles. The Morgan fingerprint density at radius 1 is 1.23 bits per heavy atom. The van der Waals surface area contributed by atoms with E-state index in [2.05, 4.69) is 32.0 Å². The first-order valence-electron chi connectivity index (χ1n) is 7.68. The third-order valence-electron chi connectivity index (χ3n) is 3.66. The van der Waals surface area contributed by atoms with Gasteiger partial charge >= 0.3 is 145 Å². The molecule has 2 rings (SSSR count). The van der Waals surface area contributed by atoms with Gasteiger partial charge in [-0.15, -0.1) is 0 Å². The fourth-order valence-corrected chi connectivity index (χ4v) is 6.77. The molecule has 1 aliphatic rings. The van der Waals surface area contributed by atoms with Gasteiger partial charge in [-0.2, -0.15) is 0 Å². The number of hydrogen-bond acceptors (Lipinski definition) is 3. The van der Waals surface area contributed by atoms with Crippen LogP contribution in [0.25, 0.3) is 0 Å². The molecule has 0 aliphatic carbocycles. The van der Waals surface area contributed by atoms with Crippen molar-refractivity contribution in [1.82, 2.24) is 4.90 Å². The van der Waals surface area contributed by atoms with Gasteiger partial charge in [0.15, 0.2) is 0 Å². The molecule has 3 nitrogen and oxygen atoms in total. The van der Waals surface area contributed by atoms with Crippen LogP contribution >= 0.6 is 0 Å². The van der Waals surface area contributed by atoms with Crippen molar-refractivity contribution in [3.63, 3.8) is 0 Å². The van der Waals surface area contributed by atoms with Crippen molar-refractivity contribution < 1.29 is 9.53 Å². The molecular weight excluding hydrogens is 377 g/mol. The predicted molar refractivity (Wildman–Crippen MR) is 90.6 cm³/mol. The molecule has 0 fully saturated rings. The van der Waals surface area contributed by atoms with E-state index in [9.17, 15) is 4.79 Å². The van der Waals surface area contributed by atoms with E-state index in [-0.39, 0.29) is 5.97 Å². The fraction of sp³-hybridized carbons (Fsp3) is 0.389. The van der Waals surface area contributed by atoms with E-state index in [0.29, 0.717) is 6.61 Å². The second-order valence-electron chi connectivity index (χ2n) is 5.93. The Labute approximate surface area is 144 Å². The zero-order valence-corrected chi connectivity index (χ0v) is 16.9. The Bertz CT molecular complexity index is 576. The van der Waals surface area contributed by atoms with Crippen LogP contribution in [0.15, 0.2) is 48.6 Å². The molecule has 1 aliphatic heterocycles. The molecule has 1 aromatic carbocycles. The average molecular weight is 400 g/mol. The Hall–Kier alpha value is -1.000. The zero-order valence-electron chi connectivity index (χ0n) is 13.6. The number of rotatable bonds is 7. The number of hydrogen-bond donors (Lipinski definition) is 0. The summed E-state index contributed by atoms with van der Waals surface area (Å²) in [4.78, 5) is 14.5. The molecule has 1 aromatic rings. The van der Waals surface area contributed by atoms with E-state index in [4.69, 9.17) is 4.74 Å². The summed E-state index contributed by atoms with van der Waals surface area (Å²) in [5.74, 6) is -0.157. The van der Waals surface area contributed by atoms with Crippen molar-refractivity contribution in [3.05, 3.63) is 54.2 Å². The molecule has 4 heteroatoms. The Morgan fingerprint density at radius 3 is 2.64 bits per heavy atom. The standard InChI is InChI=1S/C18H23NO2.In/c1-4-17(13-9-6-10-14-19(2)3)18(20)21-15-16-11-7-5-8-12-16;/h5,7-8,11-13H,6,10,14-15H2,1-3H3;. The number of carbonyl (C=O) groups excluding carboxylic acids is 1. The van der Waals surface area contributed by atoms with E-state index >= 15 is 0 Å². The van der Waals surface area contributed by atoms with Crippen LogP contribution in [0.5, 0.6) is 0 Å². The van der Waals surface area contributed by atoms with Crippen molar-refractivity contribution in [2.24, 2.45) is 0 Å². The van der Waals surface area contributed by atoms with Crippen LogP contribution in [0, 0.1) is 0 Å². The van der Waals surface area contributed by atoms with Gasteiger partial charge in [-0.3, -0.25) is 0 Å². The van der Waals surface area contributed by atoms with E-state index in [1.54, 1.807) is 0 Å². The quantitative estimate of drug-likeness (QED) is 0.660. The van der Waals surface area contributed by atoms with Crippen LogP contribution in [0.1, 0.15) is 25.3 Å². The van der Waals surface area contributed by atoms with E-state index in [1.807, 2.05) is 30.3 Å². The number of nitrogens with zero attached hydrogens (tertiary/aromatic N) is 1. The molecule has 115 valence electrons. The molecule has 0 unspecified atom stereocenters. The van der Waals surface area contributed by atoms with Gasteiger partial charge in [0.05, 0.1) is 0 Å². The molecule has 0 N–H and O–H groups in total. The SMILES string of the molecule is C[C]1=C(C(=O)OCc2ccccc2)C=[C](CCCN(C)C)[In]1. The van der Waals surface area contributed by atoms with Crippen molar-refractivity contribution in [2.75, 3.05) is 20.6 Å². The first-order chi connectivity index (χ1) is 10.6. The minimum atomic E-state index is -0.897. The molecule has 0 saturated heterocycles.